The van der Waals surface area contributed by atoms with E-state index in [0.717, 1.165) is 33.4 Å². The average Bonchev–Trinajstić information content (AvgIpc) is 3.29. The van der Waals surface area contributed by atoms with E-state index in [1.54, 1.807) is 22.7 Å². The van der Waals surface area contributed by atoms with Crippen LogP contribution in [0.25, 0.3) is 4.96 Å². The molecule has 0 radical (unpaired) electrons. The molecule has 3 aromatic heterocycles. The van der Waals surface area contributed by atoms with E-state index in [4.69, 9.17) is 0 Å². The number of nitrogens with one attached hydrogen (secondary N) is 1. The van der Waals surface area contributed by atoms with Gasteiger partial charge in [-0.1, -0.05) is 11.3 Å². The van der Waals surface area contributed by atoms with Crippen LogP contribution in [-0.4, -0.2) is 25.5 Å². The maximum atomic E-state index is 12.4. The molecule has 3 aromatic rings. The molecule has 4 aliphatic rings. The summed E-state index contributed by atoms with van der Waals surface area (Å²) in [4.78, 5) is 17.8. The van der Waals surface area contributed by atoms with E-state index >= 15 is 0 Å². The first-order valence-electron chi connectivity index (χ1n) is 9.70. The number of imidazole rings is 1. The number of amides is 1. The number of nitrogens with zero attached hydrogens (tertiary/aromatic N) is 4. The normalized spacial score (nSPS) is 31.6. The number of anilines is 1. The van der Waals surface area contributed by atoms with Crippen molar-refractivity contribution in [2.24, 2.45) is 17.8 Å². The molecule has 0 atom stereocenters. The number of thiazole rings is 1. The Kier molecular flexibility index (Phi) is 3.50. The monoisotopic (exact) mass is 399 g/mol. The number of fused-ring (bicyclic) bond motifs is 1. The third kappa shape index (κ3) is 2.72. The largest absolute Gasteiger partial charge is 0.300 e. The topological polar surface area (TPSA) is 72.2 Å². The SMILES string of the molecule is O=C(Cc1cn2ccsc2n1)Nc1nnc(C23CC4CC(CC(C4)C2)C3)s1. The summed E-state index contributed by atoms with van der Waals surface area (Å²) in [5.41, 5.74) is 1.02. The molecule has 0 unspecified atom stereocenters. The zero-order valence-corrected chi connectivity index (χ0v) is 16.6. The Bertz CT molecular complexity index is 955. The molecule has 8 heteroatoms. The molecule has 1 N–H and O–H groups in total. The lowest BCUT2D eigenvalue weighted by Gasteiger charge is -2.55. The minimum absolute atomic E-state index is 0.0750. The van der Waals surface area contributed by atoms with Gasteiger partial charge in [-0.15, -0.1) is 21.5 Å². The molecule has 27 heavy (non-hydrogen) atoms. The second-order valence-electron chi connectivity index (χ2n) is 8.66. The minimum atomic E-state index is -0.0750. The second kappa shape index (κ2) is 5.85. The number of carbonyl (C=O) groups excluding carboxylic acids is 1. The van der Waals surface area contributed by atoms with Crippen molar-refractivity contribution in [3.8, 4) is 0 Å². The maximum Gasteiger partial charge on any atom is 0.232 e. The fourth-order valence-electron chi connectivity index (χ4n) is 6.05. The number of carbonyl (C=O) groups is 1. The Morgan fingerprint density at radius 3 is 2.63 bits per heavy atom. The second-order valence-corrected chi connectivity index (χ2v) is 10.5. The highest BCUT2D eigenvalue weighted by molar-refractivity contribution is 7.15. The van der Waals surface area contributed by atoms with Gasteiger partial charge in [0.25, 0.3) is 0 Å². The van der Waals surface area contributed by atoms with Gasteiger partial charge in [-0.3, -0.25) is 9.20 Å². The fraction of sp³-hybridized carbons (Fsp3) is 0.579. The van der Waals surface area contributed by atoms with E-state index in [2.05, 4.69) is 20.5 Å². The highest BCUT2D eigenvalue weighted by atomic mass is 32.1. The van der Waals surface area contributed by atoms with Crippen molar-refractivity contribution >= 4 is 38.7 Å². The van der Waals surface area contributed by atoms with Crippen molar-refractivity contribution in [2.45, 2.75) is 50.4 Å². The van der Waals surface area contributed by atoms with Gasteiger partial charge >= 0.3 is 0 Å². The van der Waals surface area contributed by atoms with Crippen molar-refractivity contribution in [3.05, 3.63) is 28.5 Å². The predicted octanol–water partition coefficient (Wildman–Crippen LogP) is 3.90. The summed E-state index contributed by atoms with van der Waals surface area (Å²) < 4.78 is 1.95. The van der Waals surface area contributed by atoms with Gasteiger partial charge in [0.05, 0.1) is 12.1 Å². The molecule has 1 amide bonds. The first kappa shape index (κ1) is 16.2. The average molecular weight is 400 g/mol. The summed E-state index contributed by atoms with van der Waals surface area (Å²) in [5.74, 6) is 2.57. The molecular weight excluding hydrogens is 378 g/mol. The zero-order chi connectivity index (χ0) is 18.0. The Morgan fingerprint density at radius 2 is 1.93 bits per heavy atom. The molecule has 4 saturated carbocycles. The molecule has 4 fully saturated rings. The fourth-order valence-corrected chi connectivity index (χ4v) is 7.75. The van der Waals surface area contributed by atoms with Gasteiger partial charge in [-0.2, -0.15) is 0 Å². The van der Waals surface area contributed by atoms with E-state index in [-0.39, 0.29) is 17.7 Å². The van der Waals surface area contributed by atoms with Crippen LogP contribution in [0.4, 0.5) is 5.13 Å². The van der Waals surface area contributed by atoms with Gasteiger partial charge in [-0.05, 0) is 56.3 Å². The molecule has 0 aliphatic heterocycles. The lowest BCUT2D eigenvalue weighted by molar-refractivity contribution is -0.115. The zero-order valence-electron chi connectivity index (χ0n) is 14.9. The molecule has 6 nitrogen and oxygen atoms in total. The highest BCUT2D eigenvalue weighted by Crippen LogP contribution is 2.61. The van der Waals surface area contributed by atoms with E-state index in [1.165, 1.54) is 38.5 Å². The van der Waals surface area contributed by atoms with Crippen LogP contribution in [0.3, 0.4) is 0 Å². The molecule has 140 valence electrons. The third-order valence-electron chi connectivity index (χ3n) is 6.65. The maximum absolute atomic E-state index is 12.4. The minimum Gasteiger partial charge on any atom is -0.300 e. The van der Waals surface area contributed by atoms with E-state index in [0.29, 0.717) is 5.13 Å². The summed E-state index contributed by atoms with van der Waals surface area (Å²) in [7, 11) is 0. The number of rotatable bonds is 4. The highest BCUT2D eigenvalue weighted by Gasteiger charge is 2.53. The Hall–Kier alpha value is -1.80. The van der Waals surface area contributed by atoms with Gasteiger partial charge < -0.3 is 5.32 Å². The summed E-state index contributed by atoms with van der Waals surface area (Å²) in [6.45, 7) is 0. The number of hydrogen-bond donors (Lipinski definition) is 1. The smallest absolute Gasteiger partial charge is 0.232 e. The van der Waals surface area contributed by atoms with E-state index in [1.807, 2.05) is 22.2 Å². The third-order valence-corrected chi connectivity index (χ3v) is 8.50. The van der Waals surface area contributed by atoms with Gasteiger partial charge in [0, 0.05) is 23.2 Å². The molecular formula is C19H21N5OS2. The van der Waals surface area contributed by atoms with Gasteiger partial charge in [-0.25, -0.2) is 4.98 Å². The number of aromatic nitrogens is 4. The van der Waals surface area contributed by atoms with Crippen LogP contribution in [-0.2, 0) is 16.6 Å². The van der Waals surface area contributed by atoms with Gasteiger partial charge in [0.1, 0.15) is 5.01 Å². The van der Waals surface area contributed by atoms with Crippen molar-refractivity contribution in [1.29, 1.82) is 0 Å². The van der Waals surface area contributed by atoms with Crippen LogP contribution in [0.1, 0.15) is 49.2 Å². The first-order valence-corrected chi connectivity index (χ1v) is 11.4. The molecule has 0 saturated heterocycles. The molecule has 0 spiro atoms. The molecule has 0 aromatic carbocycles. The van der Waals surface area contributed by atoms with Crippen LogP contribution in [0.5, 0.6) is 0 Å². The van der Waals surface area contributed by atoms with E-state index < -0.39 is 0 Å². The summed E-state index contributed by atoms with van der Waals surface area (Å²) >= 11 is 3.16. The van der Waals surface area contributed by atoms with Gasteiger partial charge in [0.15, 0.2) is 4.96 Å². The van der Waals surface area contributed by atoms with Crippen LogP contribution in [0, 0.1) is 17.8 Å². The molecule has 7 rings (SSSR count). The van der Waals surface area contributed by atoms with Crippen LogP contribution in [0.2, 0.25) is 0 Å². The molecule has 4 bridgehead atoms. The van der Waals surface area contributed by atoms with Crippen LogP contribution in [0.15, 0.2) is 17.8 Å². The van der Waals surface area contributed by atoms with Crippen molar-refractivity contribution in [1.82, 2.24) is 19.6 Å². The quantitative estimate of drug-likeness (QED) is 0.722. The Labute approximate surface area is 165 Å². The summed E-state index contributed by atoms with van der Waals surface area (Å²) in [6.07, 6.45) is 12.2. The van der Waals surface area contributed by atoms with Crippen LogP contribution >= 0.6 is 22.7 Å². The van der Waals surface area contributed by atoms with Crippen molar-refractivity contribution in [2.75, 3.05) is 5.32 Å². The predicted molar refractivity (Wildman–Crippen MR) is 105 cm³/mol. The molecule has 3 heterocycles. The Balaban J connectivity index is 1.17. The van der Waals surface area contributed by atoms with Crippen molar-refractivity contribution in [3.63, 3.8) is 0 Å². The van der Waals surface area contributed by atoms with Crippen molar-refractivity contribution < 1.29 is 4.79 Å². The standard InChI is InChI=1S/C19H21N5OS2/c25-15(6-14-10-24-1-2-26-18(24)20-14)21-17-23-22-16(27-17)19-7-11-3-12(8-19)5-13(4-11)9-19/h1-2,10-13H,3-9H2,(H,21,23,25). The summed E-state index contributed by atoms with van der Waals surface area (Å²) in [5, 5.41) is 15.5. The lowest BCUT2D eigenvalue weighted by atomic mass is 9.50. The lowest BCUT2D eigenvalue weighted by Crippen LogP contribution is -2.48. The van der Waals surface area contributed by atoms with Gasteiger partial charge in [0.2, 0.25) is 11.0 Å². The first-order chi connectivity index (χ1) is 13.1. The van der Waals surface area contributed by atoms with Crippen LogP contribution < -0.4 is 5.32 Å². The molecule has 4 aliphatic carbocycles. The summed E-state index contributed by atoms with van der Waals surface area (Å²) in [6, 6.07) is 0. The van der Waals surface area contributed by atoms with E-state index in [9.17, 15) is 4.79 Å². The Morgan fingerprint density at radius 1 is 1.19 bits per heavy atom. The number of hydrogen-bond acceptors (Lipinski definition) is 6.